The number of ether oxygens (including phenoxy) is 3. The highest BCUT2D eigenvalue weighted by Crippen LogP contribution is 2.38. The fraction of sp³-hybridized carbons (Fsp3) is 0.421. The summed E-state index contributed by atoms with van der Waals surface area (Å²) in [4.78, 5) is 16.2. The molecule has 0 saturated carbocycles. The Bertz CT molecular complexity index is 711. The van der Waals surface area contributed by atoms with Gasteiger partial charge in [0.2, 0.25) is 5.75 Å². The van der Waals surface area contributed by atoms with Gasteiger partial charge in [-0.3, -0.25) is 4.79 Å². The Morgan fingerprint density at radius 1 is 1.12 bits per heavy atom. The van der Waals surface area contributed by atoms with Crippen LogP contribution in [0.2, 0.25) is 0 Å². The van der Waals surface area contributed by atoms with Crippen molar-refractivity contribution in [2.24, 2.45) is 0 Å². The summed E-state index contributed by atoms with van der Waals surface area (Å²) < 4.78 is 21.4. The van der Waals surface area contributed by atoms with E-state index in [1.807, 2.05) is 17.0 Å². The number of methoxy groups -OCH3 is 3. The van der Waals surface area contributed by atoms with E-state index in [4.69, 9.17) is 18.6 Å². The van der Waals surface area contributed by atoms with Gasteiger partial charge in [0.25, 0.3) is 5.91 Å². The summed E-state index contributed by atoms with van der Waals surface area (Å²) in [5, 5.41) is 0. The van der Waals surface area contributed by atoms with Crippen molar-refractivity contribution in [2.45, 2.75) is 6.54 Å². The first kappa shape index (κ1) is 18.1. The van der Waals surface area contributed by atoms with Crippen LogP contribution in [0.4, 0.5) is 0 Å². The van der Waals surface area contributed by atoms with Gasteiger partial charge in [0.1, 0.15) is 6.54 Å². The van der Waals surface area contributed by atoms with Gasteiger partial charge in [-0.25, -0.2) is 0 Å². The van der Waals surface area contributed by atoms with Crippen LogP contribution in [0.5, 0.6) is 17.2 Å². The number of quaternary nitrogens is 1. The Labute approximate surface area is 153 Å². The first-order valence-corrected chi connectivity index (χ1v) is 8.61. The van der Waals surface area contributed by atoms with Gasteiger partial charge in [0, 0.05) is 5.56 Å². The molecule has 1 amide bonds. The third kappa shape index (κ3) is 3.77. The van der Waals surface area contributed by atoms with Crippen LogP contribution in [-0.4, -0.2) is 58.3 Å². The normalized spacial score (nSPS) is 15.0. The van der Waals surface area contributed by atoms with Crippen LogP contribution in [0, 0.1) is 0 Å². The molecule has 1 aliphatic rings. The molecule has 0 unspecified atom stereocenters. The minimum Gasteiger partial charge on any atom is -0.493 e. The molecule has 7 heteroatoms. The summed E-state index contributed by atoms with van der Waals surface area (Å²) in [6, 6.07) is 7.29. The van der Waals surface area contributed by atoms with Gasteiger partial charge in [0.05, 0.1) is 53.8 Å². The maximum absolute atomic E-state index is 12.9. The van der Waals surface area contributed by atoms with Gasteiger partial charge in [-0.15, -0.1) is 0 Å². The Morgan fingerprint density at radius 2 is 1.77 bits per heavy atom. The molecule has 140 valence electrons. The quantitative estimate of drug-likeness (QED) is 0.826. The first-order chi connectivity index (χ1) is 12.7. The molecule has 1 aromatic heterocycles. The maximum atomic E-state index is 12.9. The summed E-state index contributed by atoms with van der Waals surface area (Å²) in [5.74, 6) is 2.40. The number of rotatable bonds is 6. The zero-order valence-corrected chi connectivity index (χ0v) is 15.4. The van der Waals surface area contributed by atoms with Crippen LogP contribution in [0.25, 0.3) is 0 Å². The van der Waals surface area contributed by atoms with Crippen molar-refractivity contribution in [1.82, 2.24) is 4.90 Å². The predicted molar refractivity (Wildman–Crippen MR) is 95.1 cm³/mol. The fourth-order valence-electron chi connectivity index (χ4n) is 3.25. The number of nitrogens with zero attached hydrogens (tertiary/aromatic N) is 1. The minimum absolute atomic E-state index is 0.0266. The first-order valence-electron chi connectivity index (χ1n) is 8.61. The number of piperazine rings is 1. The Hall–Kier alpha value is -2.67. The van der Waals surface area contributed by atoms with Crippen molar-refractivity contribution >= 4 is 5.91 Å². The van der Waals surface area contributed by atoms with Crippen molar-refractivity contribution in [3.63, 3.8) is 0 Å². The summed E-state index contributed by atoms with van der Waals surface area (Å²) in [6.07, 6.45) is 1.69. The van der Waals surface area contributed by atoms with Gasteiger partial charge in [0.15, 0.2) is 17.3 Å². The lowest BCUT2D eigenvalue weighted by molar-refractivity contribution is -0.918. The van der Waals surface area contributed by atoms with Crippen molar-refractivity contribution in [2.75, 3.05) is 47.5 Å². The lowest BCUT2D eigenvalue weighted by Crippen LogP contribution is -3.13. The van der Waals surface area contributed by atoms with Crippen molar-refractivity contribution < 1.29 is 28.3 Å². The summed E-state index contributed by atoms with van der Waals surface area (Å²) in [6.45, 7) is 4.02. The lowest BCUT2D eigenvalue weighted by atomic mass is 10.1. The van der Waals surface area contributed by atoms with Gasteiger partial charge in [-0.05, 0) is 24.3 Å². The number of benzene rings is 1. The van der Waals surface area contributed by atoms with Gasteiger partial charge < -0.3 is 28.4 Å². The van der Waals surface area contributed by atoms with Gasteiger partial charge >= 0.3 is 0 Å². The number of amides is 1. The molecule has 1 saturated heterocycles. The van der Waals surface area contributed by atoms with Crippen LogP contribution >= 0.6 is 0 Å². The topological polar surface area (TPSA) is 65.6 Å². The number of furan rings is 1. The van der Waals surface area contributed by atoms with Crippen LogP contribution in [0.1, 0.15) is 16.1 Å². The molecule has 2 aromatic rings. The molecule has 0 aliphatic carbocycles. The maximum Gasteiger partial charge on any atom is 0.254 e. The number of nitrogens with one attached hydrogen (secondary N) is 1. The molecule has 1 aliphatic heterocycles. The number of carbonyl (C=O) groups excluding carboxylic acids is 1. The van der Waals surface area contributed by atoms with E-state index >= 15 is 0 Å². The number of carbonyl (C=O) groups is 1. The fourth-order valence-corrected chi connectivity index (χ4v) is 3.25. The molecule has 0 atom stereocenters. The molecule has 1 fully saturated rings. The highest BCUT2D eigenvalue weighted by Gasteiger charge is 2.26. The predicted octanol–water partition coefficient (Wildman–Crippen LogP) is 0.846. The Balaban J connectivity index is 1.68. The van der Waals surface area contributed by atoms with Crippen LogP contribution in [-0.2, 0) is 6.54 Å². The Kier molecular flexibility index (Phi) is 5.68. The van der Waals surface area contributed by atoms with E-state index in [-0.39, 0.29) is 5.91 Å². The van der Waals surface area contributed by atoms with E-state index in [0.717, 1.165) is 25.4 Å². The van der Waals surface area contributed by atoms with Crippen LogP contribution in [0.3, 0.4) is 0 Å². The zero-order valence-electron chi connectivity index (χ0n) is 15.4. The molecule has 0 radical (unpaired) electrons. The Morgan fingerprint density at radius 3 is 2.27 bits per heavy atom. The van der Waals surface area contributed by atoms with E-state index in [1.54, 1.807) is 39.7 Å². The second-order valence-electron chi connectivity index (χ2n) is 6.21. The monoisotopic (exact) mass is 361 g/mol. The van der Waals surface area contributed by atoms with E-state index in [9.17, 15) is 4.79 Å². The summed E-state index contributed by atoms with van der Waals surface area (Å²) in [7, 11) is 4.63. The molecule has 0 bridgehead atoms. The average molecular weight is 361 g/mol. The van der Waals surface area contributed by atoms with Gasteiger partial charge in [-0.1, -0.05) is 0 Å². The van der Waals surface area contributed by atoms with Crippen molar-refractivity contribution in [1.29, 1.82) is 0 Å². The van der Waals surface area contributed by atoms with Crippen molar-refractivity contribution in [3.05, 3.63) is 41.9 Å². The minimum atomic E-state index is -0.0266. The lowest BCUT2D eigenvalue weighted by Gasteiger charge is -2.32. The van der Waals surface area contributed by atoms with Crippen molar-refractivity contribution in [3.8, 4) is 17.2 Å². The smallest absolute Gasteiger partial charge is 0.254 e. The third-order valence-corrected chi connectivity index (χ3v) is 4.67. The third-order valence-electron chi connectivity index (χ3n) is 4.67. The van der Waals surface area contributed by atoms with E-state index in [0.29, 0.717) is 35.9 Å². The molecule has 2 heterocycles. The van der Waals surface area contributed by atoms with Crippen LogP contribution in [0.15, 0.2) is 34.9 Å². The zero-order chi connectivity index (χ0) is 18.5. The highest BCUT2D eigenvalue weighted by molar-refractivity contribution is 5.95. The molecule has 7 nitrogen and oxygen atoms in total. The molecule has 26 heavy (non-hydrogen) atoms. The number of hydrogen-bond acceptors (Lipinski definition) is 5. The molecular weight excluding hydrogens is 336 g/mol. The second kappa shape index (κ2) is 8.14. The summed E-state index contributed by atoms with van der Waals surface area (Å²) in [5.41, 5.74) is 0.536. The average Bonchev–Trinajstić information content (AvgIpc) is 3.19. The van der Waals surface area contributed by atoms with Crippen LogP contribution < -0.4 is 19.1 Å². The highest BCUT2D eigenvalue weighted by atomic mass is 16.5. The van der Waals surface area contributed by atoms with E-state index in [2.05, 4.69) is 0 Å². The second-order valence-corrected chi connectivity index (χ2v) is 6.21. The van der Waals surface area contributed by atoms with E-state index in [1.165, 1.54) is 4.90 Å². The van der Waals surface area contributed by atoms with E-state index < -0.39 is 0 Å². The molecule has 3 rings (SSSR count). The SMILES string of the molecule is COc1cc(C(=O)N2CC[NH+](Cc3ccco3)CC2)cc(OC)c1OC. The molecule has 0 spiro atoms. The molecule has 1 aromatic carbocycles. The largest absolute Gasteiger partial charge is 0.493 e. The number of hydrogen-bond donors (Lipinski definition) is 1. The van der Waals surface area contributed by atoms with Gasteiger partial charge in [-0.2, -0.15) is 0 Å². The summed E-state index contributed by atoms with van der Waals surface area (Å²) >= 11 is 0. The molecular formula is C19H25N2O5+. The molecule has 1 N–H and O–H groups in total. The standard InChI is InChI=1S/C19H24N2O5/c1-23-16-11-14(12-17(24-2)18(16)25-3)19(22)21-8-6-20(7-9-21)13-15-5-4-10-26-15/h4-5,10-12H,6-9,13H2,1-3H3/p+1.